The van der Waals surface area contributed by atoms with Crippen LogP contribution in [-0.4, -0.2) is 40.3 Å². The van der Waals surface area contributed by atoms with E-state index in [0.29, 0.717) is 12.1 Å². The number of urea groups is 1. The van der Waals surface area contributed by atoms with Crippen molar-refractivity contribution < 1.29 is 14.4 Å². The van der Waals surface area contributed by atoms with Crippen molar-refractivity contribution in [3.05, 3.63) is 66.4 Å². The molecule has 2 aromatic carbocycles. The van der Waals surface area contributed by atoms with Crippen LogP contribution in [0.2, 0.25) is 0 Å². The van der Waals surface area contributed by atoms with Crippen LogP contribution in [0.3, 0.4) is 0 Å². The molecule has 7 heteroatoms. The van der Waals surface area contributed by atoms with E-state index in [-0.39, 0.29) is 24.8 Å². The van der Waals surface area contributed by atoms with E-state index in [4.69, 9.17) is 0 Å². The smallest absolute Gasteiger partial charge is 0.324 e. The van der Waals surface area contributed by atoms with E-state index in [1.165, 1.54) is 4.90 Å². The Morgan fingerprint density at radius 1 is 1.04 bits per heavy atom. The van der Waals surface area contributed by atoms with Crippen molar-refractivity contribution in [1.82, 2.24) is 15.2 Å². The predicted molar refractivity (Wildman–Crippen MR) is 106 cm³/mol. The van der Waals surface area contributed by atoms with Crippen LogP contribution >= 0.6 is 0 Å². The number of nitrogens with one attached hydrogen (secondary N) is 3. The third-order valence-corrected chi connectivity index (χ3v) is 4.83. The first-order chi connectivity index (χ1) is 13.6. The van der Waals surface area contributed by atoms with Crippen LogP contribution in [0, 0.1) is 0 Å². The minimum atomic E-state index is -0.834. The van der Waals surface area contributed by atoms with Crippen LogP contribution in [0.1, 0.15) is 12.0 Å². The second-order valence-corrected chi connectivity index (χ2v) is 6.72. The van der Waals surface area contributed by atoms with Gasteiger partial charge in [0.1, 0.15) is 6.04 Å². The zero-order valence-corrected chi connectivity index (χ0v) is 15.1. The summed E-state index contributed by atoms with van der Waals surface area (Å²) in [4.78, 5) is 41.3. The molecule has 0 unspecified atom stereocenters. The second kappa shape index (κ2) is 7.56. The molecule has 28 heavy (non-hydrogen) atoms. The molecule has 2 heterocycles. The number of fused-ring (bicyclic) bond motifs is 1. The second-order valence-electron chi connectivity index (χ2n) is 6.72. The zero-order chi connectivity index (χ0) is 19.5. The molecule has 7 nitrogen and oxygen atoms in total. The lowest BCUT2D eigenvalue weighted by atomic mass is 10.1. The van der Waals surface area contributed by atoms with Gasteiger partial charge in [-0.15, -0.1) is 0 Å². The van der Waals surface area contributed by atoms with Crippen molar-refractivity contribution in [2.24, 2.45) is 0 Å². The standard InChI is InChI=1S/C21H20N4O3/c26-19(23-15-6-2-1-3-7-15)12-18-20(27)25(21(28)24-18)11-10-14-13-22-17-9-5-4-8-16(14)17/h1-9,13,18,22H,10-12H2,(H,23,26)(H,24,28)/t18-/m0/s1. The normalized spacial score (nSPS) is 16.4. The summed E-state index contributed by atoms with van der Waals surface area (Å²) in [5.74, 6) is -0.684. The van der Waals surface area contributed by atoms with Gasteiger partial charge in [-0.3, -0.25) is 14.5 Å². The molecule has 3 N–H and O–H groups in total. The fourth-order valence-corrected chi connectivity index (χ4v) is 3.42. The fourth-order valence-electron chi connectivity index (χ4n) is 3.42. The van der Waals surface area contributed by atoms with E-state index >= 15 is 0 Å². The summed E-state index contributed by atoms with van der Waals surface area (Å²) in [5.41, 5.74) is 2.71. The maximum atomic E-state index is 12.6. The molecule has 0 bridgehead atoms. The van der Waals surface area contributed by atoms with Crippen LogP contribution in [-0.2, 0) is 16.0 Å². The van der Waals surface area contributed by atoms with Crippen LogP contribution < -0.4 is 10.6 Å². The van der Waals surface area contributed by atoms with Crippen molar-refractivity contribution in [3.63, 3.8) is 0 Å². The molecule has 0 spiro atoms. The summed E-state index contributed by atoms with van der Waals surface area (Å²) in [7, 11) is 0. The lowest BCUT2D eigenvalue weighted by Crippen LogP contribution is -2.34. The minimum absolute atomic E-state index is 0.0942. The molecule has 1 aliphatic rings. The third kappa shape index (κ3) is 3.59. The van der Waals surface area contributed by atoms with Crippen molar-refractivity contribution in [2.45, 2.75) is 18.9 Å². The largest absolute Gasteiger partial charge is 0.361 e. The van der Waals surface area contributed by atoms with E-state index in [1.807, 2.05) is 48.7 Å². The van der Waals surface area contributed by atoms with Crippen molar-refractivity contribution in [1.29, 1.82) is 0 Å². The first-order valence-electron chi connectivity index (χ1n) is 9.13. The van der Waals surface area contributed by atoms with Crippen LogP contribution in [0.15, 0.2) is 60.8 Å². The van der Waals surface area contributed by atoms with Crippen molar-refractivity contribution in [2.75, 3.05) is 11.9 Å². The Morgan fingerprint density at radius 3 is 2.61 bits per heavy atom. The lowest BCUT2D eigenvalue weighted by Gasteiger charge is -2.12. The van der Waals surface area contributed by atoms with E-state index in [2.05, 4.69) is 15.6 Å². The highest BCUT2D eigenvalue weighted by molar-refractivity contribution is 6.07. The molecule has 0 radical (unpaired) electrons. The van der Waals surface area contributed by atoms with E-state index in [0.717, 1.165) is 16.5 Å². The Labute approximate surface area is 161 Å². The molecule has 4 rings (SSSR count). The molecule has 142 valence electrons. The molecule has 0 aliphatic carbocycles. The Kier molecular flexibility index (Phi) is 4.80. The van der Waals surface area contributed by atoms with Crippen molar-refractivity contribution in [3.8, 4) is 0 Å². The molecular weight excluding hydrogens is 356 g/mol. The van der Waals surface area contributed by atoms with E-state index in [9.17, 15) is 14.4 Å². The number of imide groups is 1. The number of nitrogens with zero attached hydrogens (tertiary/aromatic N) is 1. The number of H-pyrrole nitrogens is 1. The number of carbonyl (C=O) groups excluding carboxylic acids is 3. The number of para-hydroxylation sites is 2. The van der Waals surface area contributed by atoms with Gasteiger partial charge in [-0.25, -0.2) is 4.79 Å². The highest BCUT2D eigenvalue weighted by Gasteiger charge is 2.38. The number of benzene rings is 2. The van der Waals surface area contributed by atoms with Gasteiger partial charge in [0.25, 0.3) is 5.91 Å². The lowest BCUT2D eigenvalue weighted by molar-refractivity contribution is -0.129. The van der Waals surface area contributed by atoms with Crippen molar-refractivity contribution >= 4 is 34.4 Å². The summed E-state index contributed by atoms with van der Waals surface area (Å²) in [5, 5.41) is 6.41. The fraction of sp³-hybridized carbons (Fsp3) is 0.190. The molecule has 1 atom stereocenters. The zero-order valence-electron chi connectivity index (χ0n) is 15.1. The molecule has 1 aromatic heterocycles. The van der Waals surface area contributed by atoms with Gasteiger partial charge in [-0.2, -0.15) is 0 Å². The van der Waals surface area contributed by atoms with Crippen LogP contribution in [0.4, 0.5) is 10.5 Å². The molecule has 4 amide bonds. The molecule has 3 aromatic rings. The first-order valence-corrected chi connectivity index (χ1v) is 9.13. The quantitative estimate of drug-likeness (QED) is 0.577. The summed E-state index contributed by atoms with van der Waals surface area (Å²) in [6.07, 6.45) is 2.35. The number of carbonyl (C=O) groups is 3. The Balaban J connectivity index is 1.36. The average molecular weight is 376 g/mol. The third-order valence-electron chi connectivity index (χ3n) is 4.83. The molecule has 0 saturated carbocycles. The minimum Gasteiger partial charge on any atom is -0.361 e. The molecule has 1 fully saturated rings. The van der Waals surface area contributed by atoms with Gasteiger partial charge < -0.3 is 15.6 Å². The maximum absolute atomic E-state index is 12.6. The molecule has 1 aliphatic heterocycles. The highest BCUT2D eigenvalue weighted by Crippen LogP contribution is 2.19. The summed E-state index contributed by atoms with van der Waals surface area (Å²) >= 11 is 0. The van der Waals surface area contributed by atoms with Crippen LogP contribution in [0.5, 0.6) is 0 Å². The summed E-state index contributed by atoms with van der Waals surface area (Å²) in [6.45, 7) is 0.267. The number of aromatic amines is 1. The average Bonchev–Trinajstić information content (AvgIpc) is 3.22. The number of amides is 4. The van der Waals surface area contributed by atoms with Gasteiger partial charge in [-0.05, 0) is 30.2 Å². The number of hydrogen-bond acceptors (Lipinski definition) is 3. The number of rotatable bonds is 6. The maximum Gasteiger partial charge on any atom is 0.324 e. The molecular formula is C21H20N4O3. The van der Waals surface area contributed by atoms with Gasteiger partial charge >= 0.3 is 6.03 Å². The first kappa shape index (κ1) is 17.8. The van der Waals surface area contributed by atoms with Crippen LogP contribution in [0.25, 0.3) is 10.9 Å². The van der Waals surface area contributed by atoms with E-state index < -0.39 is 12.1 Å². The Hall–Kier alpha value is -3.61. The SMILES string of the molecule is O=C(C[C@@H]1NC(=O)N(CCc2c[nH]c3ccccc23)C1=O)Nc1ccccc1. The van der Waals surface area contributed by atoms with Gasteiger partial charge in [-0.1, -0.05) is 36.4 Å². The summed E-state index contributed by atoms with van der Waals surface area (Å²) in [6, 6.07) is 15.6. The van der Waals surface area contributed by atoms with E-state index in [1.54, 1.807) is 12.1 Å². The van der Waals surface area contributed by atoms with Gasteiger partial charge in [0.05, 0.1) is 6.42 Å². The number of aromatic nitrogens is 1. The highest BCUT2D eigenvalue weighted by atomic mass is 16.2. The number of hydrogen-bond donors (Lipinski definition) is 3. The van der Waals surface area contributed by atoms with Gasteiger partial charge in [0, 0.05) is 29.3 Å². The monoisotopic (exact) mass is 376 g/mol. The summed E-state index contributed by atoms with van der Waals surface area (Å²) < 4.78 is 0. The molecule has 1 saturated heterocycles. The predicted octanol–water partition coefficient (Wildman–Crippen LogP) is 2.66. The Bertz CT molecular complexity index is 1030. The van der Waals surface area contributed by atoms with Gasteiger partial charge in [0.15, 0.2) is 0 Å². The Morgan fingerprint density at radius 2 is 1.79 bits per heavy atom. The number of anilines is 1. The van der Waals surface area contributed by atoms with Gasteiger partial charge in [0.2, 0.25) is 5.91 Å². The topological polar surface area (TPSA) is 94.3 Å².